The summed E-state index contributed by atoms with van der Waals surface area (Å²) in [6.07, 6.45) is 1.96. The second-order valence-electron chi connectivity index (χ2n) is 4.62. The molecular weight excluding hydrogens is 235 g/mol. The van der Waals surface area contributed by atoms with Crippen molar-refractivity contribution in [2.75, 3.05) is 13.2 Å². The average Bonchev–Trinajstić information content (AvgIpc) is 2.78. The fourth-order valence-electron chi connectivity index (χ4n) is 2.36. The molecule has 0 aliphatic carbocycles. The number of likely N-dealkylation sites (tertiary alicyclic amines) is 1. The van der Waals surface area contributed by atoms with Crippen molar-refractivity contribution in [1.82, 2.24) is 4.90 Å². The number of carbonyl (C=O) groups is 1. The van der Waals surface area contributed by atoms with Crippen LogP contribution in [0.5, 0.6) is 0 Å². The maximum atomic E-state index is 13.8. The van der Waals surface area contributed by atoms with E-state index in [-0.39, 0.29) is 18.2 Å². The molecule has 0 aromatic heterocycles. The zero-order chi connectivity index (χ0) is 13.1. The quantitative estimate of drug-likeness (QED) is 0.836. The van der Waals surface area contributed by atoms with E-state index in [4.69, 9.17) is 5.73 Å². The number of rotatable bonds is 4. The Labute approximate surface area is 105 Å². The topological polar surface area (TPSA) is 66.6 Å². The molecule has 0 bridgehead atoms. The molecule has 1 aromatic carbocycles. The third-order valence-electron chi connectivity index (χ3n) is 3.42. The Bertz CT molecular complexity index is 451. The maximum absolute atomic E-state index is 13.8. The van der Waals surface area contributed by atoms with Crippen LogP contribution in [0, 0.1) is 5.82 Å². The number of nitrogens with zero attached hydrogens (tertiary/aromatic N) is 1. The van der Waals surface area contributed by atoms with Crippen molar-refractivity contribution in [2.24, 2.45) is 5.73 Å². The molecule has 0 spiro atoms. The van der Waals surface area contributed by atoms with Gasteiger partial charge in [0.2, 0.25) is 5.91 Å². The predicted octanol–water partition coefficient (Wildman–Crippen LogP) is 0.881. The summed E-state index contributed by atoms with van der Waals surface area (Å²) in [5.41, 5.74) is 5.80. The van der Waals surface area contributed by atoms with Crippen molar-refractivity contribution in [3.8, 4) is 0 Å². The van der Waals surface area contributed by atoms with E-state index in [9.17, 15) is 14.3 Å². The van der Waals surface area contributed by atoms with Crippen LogP contribution in [0.15, 0.2) is 18.2 Å². The molecular formula is C13H17FN2O2. The molecule has 0 radical (unpaired) electrons. The number of aliphatic hydroxyl groups is 1. The molecule has 1 aliphatic heterocycles. The molecule has 98 valence electrons. The molecule has 18 heavy (non-hydrogen) atoms. The van der Waals surface area contributed by atoms with Crippen LogP contribution < -0.4 is 5.73 Å². The lowest BCUT2D eigenvalue weighted by Crippen LogP contribution is -2.32. The summed E-state index contributed by atoms with van der Waals surface area (Å²) in [6, 6.07) is 4.40. The Hall–Kier alpha value is -1.46. The molecule has 0 saturated carbocycles. The van der Waals surface area contributed by atoms with Gasteiger partial charge in [-0.3, -0.25) is 9.69 Å². The number of aliphatic hydroxyl groups excluding tert-OH is 1. The standard InChI is InChI=1S/C13H17FN2O2/c14-12-6-9(13(15)18)3-4-10(12)7-16-5-1-2-11(16)8-17/h3-4,6,11,17H,1-2,5,7-8H2,(H2,15,18). The van der Waals surface area contributed by atoms with Gasteiger partial charge < -0.3 is 10.8 Å². The Morgan fingerprint density at radius 3 is 2.94 bits per heavy atom. The summed E-state index contributed by atoms with van der Waals surface area (Å²) >= 11 is 0. The van der Waals surface area contributed by atoms with Gasteiger partial charge in [0.1, 0.15) is 5.82 Å². The third kappa shape index (κ3) is 2.68. The molecule has 1 amide bonds. The minimum absolute atomic E-state index is 0.0982. The molecule has 1 fully saturated rings. The van der Waals surface area contributed by atoms with Crippen LogP contribution >= 0.6 is 0 Å². The van der Waals surface area contributed by atoms with E-state index in [1.54, 1.807) is 6.07 Å². The van der Waals surface area contributed by atoms with Crippen LogP contribution in [-0.2, 0) is 6.54 Å². The highest BCUT2D eigenvalue weighted by Crippen LogP contribution is 2.21. The molecule has 1 aromatic rings. The second-order valence-corrected chi connectivity index (χ2v) is 4.62. The lowest BCUT2D eigenvalue weighted by Gasteiger charge is -2.22. The van der Waals surface area contributed by atoms with Gasteiger partial charge in [-0.2, -0.15) is 0 Å². The van der Waals surface area contributed by atoms with Gasteiger partial charge in [0.25, 0.3) is 0 Å². The smallest absolute Gasteiger partial charge is 0.248 e. The van der Waals surface area contributed by atoms with Crippen LogP contribution in [0.3, 0.4) is 0 Å². The first-order chi connectivity index (χ1) is 8.61. The summed E-state index contributed by atoms with van der Waals surface area (Å²) in [7, 11) is 0. The molecule has 1 aliphatic rings. The van der Waals surface area contributed by atoms with Crippen molar-refractivity contribution in [2.45, 2.75) is 25.4 Å². The number of benzene rings is 1. The lowest BCUT2D eigenvalue weighted by atomic mass is 10.1. The van der Waals surface area contributed by atoms with Crippen molar-refractivity contribution in [1.29, 1.82) is 0 Å². The first kappa shape index (κ1) is 13.0. The molecule has 1 atom stereocenters. The normalized spacial score (nSPS) is 20.2. The largest absolute Gasteiger partial charge is 0.395 e. The summed E-state index contributed by atoms with van der Waals surface area (Å²) < 4.78 is 13.8. The molecule has 4 nitrogen and oxygen atoms in total. The highest BCUT2D eigenvalue weighted by atomic mass is 19.1. The van der Waals surface area contributed by atoms with Gasteiger partial charge in [-0.15, -0.1) is 0 Å². The minimum Gasteiger partial charge on any atom is -0.395 e. The second kappa shape index (κ2) is 5.46. The first-order valence-corrected chi connectivity index (χ1v) is 6.05. The van der Waals surface area contributed by atoms with E-state index in [0.29, 0.717) is 12.1 Å². The molecule has 1 heterocycles. The molecule has 3 N–H and O–H groups in total. The van der Waals surface area contributed by atoms with Crippen molar-refractivity contribution in [3.05, 3.63) is 35.1 Å². The van der Waals surface area contributed by atoms with Crippen LogP contribution in [0.25, 0.3) is 0 Å². The number of hydrogen-bond donors (Lipinski definition) is 2. The Morgan fingerprint density at radius 2 is 2.33 bits per heavy atom. The Morgan fingerprint density at radius 1 is 1.56 bits per heavy atom. The molecule has 1 saturated heterocycles. The first-order valence-electron chi connectivity index (χ1n) is 6.05. The van der Waals surface area contributed by atoms with Gasteiger partial charge in [0.05, 0.1) is 6.61 Å². The van der Waals surface area contributed by atoms with Crippen molar-refractivity contribution < 1.29 is 14.3 Å². The predicted molar refractivity (Wildman–Crippen MR) is 65.4 cm³/mol. The van der Waals surface area contributed by atoms with Crippen LogP contribution in [0.2, 0.25) is 0 Å². The number of halogens is 1. The van der Waals surface area contributed by atoms with E-state index < -0.39 is 11.7 Å². The van der Waals surface area contributed by atoms with E-state index in [0.717, 1.165) is 19.4 Å². The molecule has 1 unspecified atom stereocenters. The molecule has 2 rings (SSSR count). The Kier molecular flexibility index (Phi) is 3.93. The zero-order valence-electron chi connectivity index (χ0n) is 10.1. The number of carbonyl (C=O) groups excluding carboxylic acids is 1. The number of amides is 1. The third-order valence-corrected chi connectivity index (χ3v) is 3.42. The fourth-order valence-corrected chi connectivity index (χ4v) is 2.36. The van der Waals surface area contributed by atoms with E-state index >= 15 is 0 Å². The van der Waals surface area contributed by atoms with Gasteiger partial charge in [0, 0.05) is 23.7 Å². The van der Waals surface area contributed by atoms with Crippen molar-refractivity contribution >= 4 is 5.91 Å². The molecule has 5 heteroatoms. The monoisotopic (exact) mass is 252 g/mol. The summed E-state index contributed by atoms with van der Waals surface area (Å²) in [5, 5.41) is 9.20. The van der Waals surface area contributed by atoms with Gasteiger partial charge in [-0.25, -0.2) is 4.39 Å². The number of hydrogen-bond acceptors (Lipinski definition) is 3. The average molecular weight is 252 g/mol. The van der Waals surface area contributed by atoms with Gasteiger partial charge >= 0.3 is 0 Å². The summed E-state index contributed by atoms with van der Waals surface area (Å²) in [6.45, 7) is 1.42. The van der Waals surface area contributed by atoms with E-state index in [1.807, 2.05) is 0 Å². The minimum atomic E-state index is -0.630. The van der Waals surface area contributed by atoms with Crippen LogP contribution in [0.4, 0.5) is 4.39 Å². The van der Waals surface area contributed by atoms with E-state index in [1.165, 1.54) is 12.1 Å². The zero-order valence-corrected chi connectivity index (χ0v) is 10.1. The van der Waals surface area contributed by atoms with E-state index in [2.05, 4.69) is 4.90 Å². The lowest BCUT2D eigenvalue weighted by molar-refractivity contribution is 0.1000. The van der Waals surface area contributed by atoms with Gasteiger partial charge in [0.15, 0.2) is 0 Å². The van der Waals surface area contributed by atoms with Crippen LogP contribution in [-0.4, -0.2) is 35.1 Å². The summed E-state index contributed by atoms with van der Waals surface area (Å²) in [4.78, 5) is 13.0. The maximum Gasteiger partial charge on any atom is 0.248 e. The summed E-state index contributed by atoms with van der Waals surface area (Å²) in [5.74, 6) is -1.05. The Balaban J connectivity index is 2.12. The van der Waals surface area contributed by atoms with Crippen molar-refractivity contribution in [3.63, 3.8) is 0 Å². The highest BCUT2D eigenvalue weighted by molar-refractivity contribution is 5.92. The number of nitrogens with two attached hydrogens (primary N) is 1. The van der Waals surface area contributed by atoms with Crippen LogP contribution in [0.1, 0.15) is 28.8 Å². The van der Waals surface area contributed by atoms with Gasteiger partial charge in [-0.05, 0) is 31.5 Å². The van der Waals surface area contributed by atoms with Gasteiger partial charge in [-0.1, -0.05) is 6.07 Å². The SMILES string of the molecule is NC(=O)c1ccc(CN2CCCC2CO)c(F)c1. The fraction of sp³-hybridized carbons (Fsp3) is 0.462. The highest BCUT2D eigenvalue weighted by Gasteiger charge is 2.24. The number of primary amides is 1.